The molecule has 7 nitrogen and oxygen atoms in total. The number of fused-ring (bicyclic) bond motifs is 1. The minimum atomic E-state index is -0.398. The van der Waals surface area contributed by atoms with Crippen LogP contribution < -0.4 is 25.4 Å². The zero-order valence-corrected chi connectivity index (χ0v) is 16.1. The molecule has 0 bridgehead atoms. The van der Waals surface area contributed by atoms with Crippen LogP contribution in [-0.4, -0.2) is 31.2 Å². The molecule has 0 saturated carbocycles. The maximum atomic E-state index is 12.4. The minimum Gasteiger partial charge on any atom is -0.490 e. The molecule has 0 radical (unpaired) electrons. The van der Waals surface area contributed by atoms with Gasteiger partial charge in [-0.3, -0.25) is 14.9 Å². The SMILES string of the molecule is O=C(CC1NC(=O)CC(c2ccccc2)N1)NCc1ccc2c(c1)OCCCO2. The van der Waals surface area contributed by atoms with Crippen LogP contribution in [0.2, 0.25) is 0 Å². The molecule has 7 heteroatoms. The van der Waals surface area contributed by atoms with Crippen molar-refractivity contribution in [3.63, 3.8) is 0 Å². The molecule has 2 aliphatic rings. The van der Waals surface area contributed by atoms with Crippen LogP contribution in [0.15, 0.2) is 48.5 Å². The number of carbonyl (C=O) groups is 2. The van der Waals surface area contributed by atoms with E-state index in [0.717, 1.165) is 23.3 Å². The summed E-state index contributed by atoms with van der Waals surface area (Å²) < 4.78 is 11.3. The predicted molar refractivity (Wildman–Crippen MR) is 107 cm³/mol. The number of carbonyl (C=O) groups excluding carboxylic acids is 2. The Morgan fingerprint density at radius 1 is 1.07 bits per heavy atom. The summed E-state index contributed by atoms with van der Waals surface area (Å²) in [5.41, 5.74) is 1.98. The number of hydrogen-bond donors (Lipinski definition) is 3. The Bertz CT molecular complexity index is 872. The molecule has 29 heavy (non-hydrogen) atoms. The number of amides is 2. The highest BCUT2D eigenvalue weighted by molar-refractivity contribution is 5.81. The van der Waals surface area contributed by atoms with Crippen molar-refractivity contribution in [2.75, 3.05) is 13.2 Å². The Morgan fingerprint density at radius 3 is 2.69 bits per heavy atom. The summed E-state index contributed by atoms with van der Waals surface area (Å²) in [6.07, 6.45) is 0.981. The van der Waals surface area contributed by atoms with E-state index < -0.39 is 6.17 Å². The third-order valence-corrected chi connectivity index (χ3v) is 5.02. The zero-order chi connectivity index (χ0) is 20.1. The molecular formula is C22H25N3O4. The molecule has 2 heterocycles. The number of ether oxygens (including phenoxy) is 2. The van der Waals surface area contributed by atoms with Crippen molar-refractivity contribution in [2.24, 2.45) is 0 Å². The number of rotatable bonds is 5. The van der Waals surface area contributed by atoms with Gasteiger partial charge in [-0.15, -0.1) is 0 Å². The van der Waals surface area contributed by atoms with E-state index in [9.17, 15) is 9.59 Å². The van der Waals surface area contributed by atoms with Crippen molar-refractivity contribution in [1.82, 2.24) is 16.0 Å². The average Bonchev–Trinajstić information content (AvgIpc) is 2.97. The molecule has 0 aliphatic carbocycles. The first-order valence-electron chi connectivity index (χ1n) is 9.93. The monoisotopic (exact) mass is 395 g/mol. The van der Waals surface area contributed by atoms with E-state index in [4.69, 9.17) is 9.47 Å². The molecule has 0 aromatic heterocycles. The summed E-state index contributed by atoms with van der Waals surface area (Å²) in [6.45, 7) is 1.66. The minimum absolute atomic E-state index is 0.0571. The van der Waals surface area contributed by atoms with Gasteiger partial charge >= 0.3 is 0 Å². The summed E-state index contributed by atoms with van der Waals surface area (Å²) in [4.78, 5) is 24.5. The van der Waals surface area contributed by atoms with Gasteiger partial charge in [-0.25, -0.2) is 0 Å². The van der Waals surface area contributed by atoms with Crippen molar-refractivity contribution in [3.8, 4) is 11.5 Å². The molecule has 0 spiro atoms. The van der Waals surface area contributed by atoms with Crippen molar-refractivity contribution >= 4 is 11.8 Å². The van der Waals surface area contributed by atoms with Crippen molar-refractivity contribution in [3.05, 3.63) is 59.7 Å². The lowest BCUT2D eigenvalue weighted by Crippen LogP contribution is -2.54. The lowest BCUT2D eigenvalue weighted by Gasteiger charge is -2.31. The normalized spacial score (nSPS) is 21.0. The topological polar surface area (TPSA) is 88.7 Å². The van der Waals surface area contributed by atoms with Gasteiger partial charge in [0.2, 0.25) is 11.8 Å². The highest BCUT2D eigenvalue weighted by Crippen LogP contribution is 2.30. The smallest absolute Gasteiger partial charge is 0.223 e. The quantitative estimate of drug-likeness (QED) is 0.721. The third-order valence-electron chi connectivity index (χ3n) is 5.02. The Hall–Kier alpha value is -3.06. The fourth-order valence-corrected chi connectivity index (χ4v) is 3.57. The highest BCUT2D eigenvalue weighted by Gasteiger charge is 2.28. The molecule has 4 rings (SSSR count). The highest BCUT2D eigenvalue weighted by atomic mass is 16.5. The lowest BCUT2D eigenvalue weighted by molar-refractivity contribution is -0.126. The van der Waals surface area contributed by atoms with Gasteiger partial charge in [0.15, 0.2) is 11.5 Å². The maximum absolute atomic E-state index is 12.4. The number of benzene rings is 2. The Morgan fingerprint density at radius 2 is 1.86 bits per heavy atom. The predicted octanol–water partition coefficient (Wildman–Crippen LogP) is 2.03. The fourth-order valence-electron chi connectivity index (χ4n) is 3.57. The molecule has 2 aromatic carbocycles. The van der Waals surface area contributed by atoms with Crippen LogP contribution >= 0.6 is 0 Å². The second-order valence-corrected chi connectivity index (χ2v) is 7.27. The van der Waals surface area contributed by atoms with E-state index in [1.54, 1.807) is 0 Å². The van der Waals surface area contributed by atoms with Gasteiger partial charge in [-0.05, 0) is 23.3 Å². The van der Waals surface area contributed by atoms with Gasteiger partial charge in [0.25, 0.3) is 0 Å². The average molecular weight is 395 g/mol. The molecule has 2 atom stereocenters. The summed E-state index contributed by atoms with van der Waals surface area (Å²) in [7, 11) is 0. The Kier molecular flexibility index (Phi) is 5.95. The molecule has 1 fully saturated rings. The van der Waals surface area contributed by atoms with Crippen molar-refractivity contribution in [2.45, 2.75) is 38.0 Å². The van der Waals surface area contributed by atoms with Crippen LogP contribution in [0.25, 0.3) is 0 Å². The number of nitrogens with one attached hydrogen (secondary N) is 3. The van der Waals surface area contributed by atoms with Crippen LogP contribution in [0, 0.1) is 0 Å². The zero-order valence-electron chi connectivity index (χ0n) is 16.1. The van der Waals surface area contributed by atoms with E-state index in [0.29, 0.717) is 31.9 Å². The molecule has 1 saturated heterocycles. The maximum Gasteiger partial charge on any atom is 0.223 e. The van der Waals surface area contributed by atoms with Crippen LogP contribution in [0.5, 0.6) is 11.5 Å². The van der Waals surface area contributed by atoms with Gasteiger partial charge in [0.1, 0.15) is 0 Å². The van der Waals surface area contributed by atoms with E-state index >= 15 is 0 Å². The Balaban J connectivity index is 1.31. The molecular weight excluding hydrogens is 370 g/mol. The van der Waals surface area contributed by atoms with Crippen molar-refractivity contribution < 1.29 is 19.1 Å². The van der Waals surface area contributed by atoms with E-state index in [2.05, 4.69) is 16.0 Å². The Labute approximate surface area is 169 Å². The first kappa shape index (κ1) is 19.3. The van der Waals surface area contributed by atoms with Crippen LogP contribution in [0.3, 0.4) is 0 Å². The van der Waals surface area contributed by atoms with E-state index in [1.165, 1.54) is 0 Å². The first-order valence-corrected chi connectivity index (χ1v) is 9.93. The summed E-state index contributed by atoms with van der Waals surface area (Å²) in [5, 5.41) is 9.10. The molecule has 2 aromatic rings. The fraction of sp³-hybridized carbons (Fsp3) is 0.364. The third kappa shape index (κ3) is 5.06. The second-order valence-electron chi connectivity index (χ2n) is 7.27. The van der Waals surface area contributed by atoms with Gasteiger partial charge < -0.3 is 20.1 Å². The molecule has 2 unspecified atom stereocenters. The largest absolute Gasteiger partial charge is 0.490 e. The molecule has 152 valence electrons. The van der Waals surface area contributed by atoms with Gasteiger partial charge in [0.05, 0.1) is 25.8 Å². The van der Waals surface area contributed by atoms with Gasteiger partial charge in [0, 0.05) is 25.4 Å². The van der Waals surface area contributed by atoms with Gasteiger partial charge in [-0.2, -0.15) is 0 Å². The van der Waals surface area contributed by atoms with Crippen molar-refractivity contribution in [1.29, 1.82) is 0 Å². The van der Waals surface area contributed by atoms with Crippen LogP contribution in [0.1, 0.15) is 36.4 Å². The second kappa shape index (κ2) is 8.96. The van der Waals surface area contributed by atoms with Gasteiger partial charge in [-0.1, -0.05) is 36.4 Å². The number of hydrogen-bond acceptors (Lipinski definition) is 5. The summed E-state index contributed by atoms with van der Waals surface area (Å²) in [6, 6.07) is 15.4. The first-order chi connectivity index (χ1) is 14.2. The van der Waals surface area contributed by atoms with Crippen LogP contribution in [-0.2, 0) is 16.1 Å². The summed E-state index contributed by atoms with van der Waals surface area (Å²) >= 11 is 0. The molecule has 3 N–H and O–H groups in total. The molecule has 2 aliphatic heterocycles. The molecule has 2 amide bonds. The lowest BCUT2D eigenvalue weighted by atomic mass is 10.0. The van der Waals surface area contributed by atoms with Crippen LogP contribution in [0.4, 0.5) is 0 Å². The summed E-state index contributed by atoms with van der Waals surface area (Å²) in [5.74, 6) is 1.25. The standard InChI is InChI=1S/C22H25N3O4/c26-21(23-14-15-7-8-18-19(11-15)29-10-4-9-28-18)13-20-24-17(12-22(27)25-20)16-5-2-1-3-6-16/h1-3,5-8,11,17,20,24H,4,9-10,12-14H2,(H,23,26)(H,25,27). The van der Waals surface area contributed by atoms with E-state index in [-0.39, 0.29) is 24.3 Å². The van der Waals surface area contributed by atoms with E-state index in [1.807, 2.05) is 48.5 Å².